The van der Waals surface area contributed by atoms with E-state index in [9.17, 15) is 9.90 Å². The van der Waals surface area contributed by atoms with E-state index >= 15 is 0 Å². The zero-order valence-electron chi connectivity index (χ0n) is 11.8. The third-order valence-corrected chi connectivity index (χ3v) is 3.81. The number of hydrogen-bond donors (Lipinski definition) is 2. The molecule has 0 saturated carbocycles. The van der Waals surface area contributed by atoms with Crippen molar-refractivity contribution in [1.29, 1.82) is 0 Å². The monoisotopic (exact) mass is 283 g/mol. The molecule has 2 aromatic rings. The number of benzene rings is 2. The number of hydrogen-bond acceptors (Lipinski definition) is 3. The second-order valence-corrected chi connectivity index (χ2v) is 5.10. The SMILES string of the molecule is COc1ccc(C(O)c2ccc3c(c2)C(=O)NCC3)cc1. The fourth-order valence-electron chi connectivity index (χ4n) is 2.58. The molecule has 0 spiro atoms. The first kappa shape index (κ1) is 13.6. The summed E-state index contributed by atoms with van der Waals surface area (Å²) in [4.78, 5) is 11.9. The Hall–Kier alpha value is -2.33. The van der Waals surface area contributed by atoms with Crippen molar-refractivity contribution in [2.75, 3.05) is 13.7 Å². The molecule has 0 bridgehead atoms. The van der Waals surface area contributed by atoms with Crippen molar-refractivity contribution in [3.05, 3.63) is 64.7 Å². The van der Waals surface area contributed by atoms with Gasteiger partial charge in [0, 0.05) is 12.1 Å². The third kappa shape index (κ3) is 2.62. The molecule has 2 aromatic carbocycles. The van der Waals surface area contributed by atoms with Gasteiger partial charge in [-0.05, 0) is 41.3 Å². The summed E-state index contributed by atoms with van der Waals surface area (Å²) in [5, 5.41) is 13.3. The van der Waals surface area contributed by atoms with Crippen LogP contribution in [0.15, 0.2) is 42.5 Å². The van der Waals surface area contributed by atoms with Crippen LogP contribution in [0.25, 0.3) is 0 Å². The van der Waals surface area contributed by atoms with Gasteiger partial charge in [-0.1, -0.05) is 24.3 Å². The highest BCUT2D eigenvalue weighted by Crippen LogP contribution is 2.26. The normalized spacial score (nSPS) is 15.0. The van der Waals surface area contributed by atoms with E-state index in [2.05, 4.69) is 5.32 Å². The van der Waals surface area contributed by atoms with Crippen LogP contribution in [0, 0.1) is 0 Å². The molecular weight excluding hydrogens is 266 g/mol. The molecule has 0 fully saturated rings. The van der Waals surface area contributed by atoms with E-state index < -0.39 is 6.10 Å². The van der Waals surface area contributed by atoms with Crippen LogP contribution in [0.4, 0.5) is 0 Å². The lowest BCUT2D eigenvalue weighted by molar-refractivity contribution is 0.0945. The van der Waals surface area contributed by atoms with Gasteiger partial charge < -0.3 is 15.2 Å². The lowest BCUT2D eigenvalue weighted by Gasteiger charge is -2.19. The Morgan fingerprint density at radius 1 is 1.14 bits per heavy atom. The number of nitrogens with one attached hydrogen (secondary N) is 1. The lowest BCUT2D eigenvalue weighted by atomic mass is 9.94. The molecule has 21 heavy (non-hydrogen) atoms. The molecule has 0 radical (unpaired) electrons. The maximum Gasteiger partial charge on any atom is 0.251 e. The topological polar surface area (TPSA) is 58.6 Å². The molecule has 0 aromatic heterocycles. The van der Waals surface area contributed by atoms with Crippen LogP contribution in [-0.4, -0.2) is 24.7 Å². The highest BCUT2D eigenvalue weighted by Gasteiger charge is 2.19. The summed E-state index contributed by atoms with van der Waals surface area (Å²) in [6.45, 7) is 0.673. The van der Waals surface area contributed by atoms with Crippen LogP contribution in [0.3, 0.4) is 0 Å². The fourth-order valence-corrected chi connectivity index (χ4v) is 2.58. The zero-order chi connectivity index (χ0) is 14.8. The minimum absolute atomic E-state index is 0.0694. The molecule has 1 unspecified atom stereocenters. The molecule has 1 heterocycles. The fraction of sp³-hybridized carbons (Fsp3) is 0.235. The summed E-state index contributed by atoms with van der Waals surface area (Å²) in [5.41, 5.74) is 3.18. The number of rotatable bonds is 3. The van der Waals surface area contributed by atoms with Gasteiger partial charge in [-0.3, -0.25) is 4.79 Å². The summed E-state index contributed by atoms with van der Waals surface area (Å²) in [5.74, 6) is 0.677. The molecule has 4 heteroatoms. The Kier molecular flexibility index (Phi) is 3.62. The quantitative estimate of drug-likeness (QED) is 0.906. The summed E-state index contributed by atoms with van der Waals surface area (Å²) >= 11 is 0. The van der Waals surface area contributed by atoms with E-state index in [0.717, 1.165) is 28.9 Å². The first-order valence-corrected chi connectivity index (χ1v) is 6.92. The van der Waals surface area contributed by atoms with Crippen LogP contribution in [-0.2, 0) is 6.42 Å². The maximum absolute atomic E-state index is 11.9. The minimum atomic E-state index is -0.754. The predicted octanol–water partition coefficient (Wildman–Crippen LogP) is 2.06. The van der Waals surface area contributed by atoms with Gasteiger partial charge in [-0.25, -0.2) is 0 Å². The van der Waals surface area contributed by atoms with E-state index in [-0.39, 0.29) is 5.91 Å². The second kappa shape index (κ2) is 5.58. The predicted molar refractivity (Wildman–Crippen MR) is 79.5 cm³/mol. The molecule has 1 atom stereocenters. The molecule has 1 aliphatic rings. The Bertz CT molecular complexity index is 664. The first-order valence-electron chi connectivity index (χ1n) is 6.92. The first-order chi connectivity index (χ1) is 10.2. The summed E-state index contributed by atoms with van der Waals surface area (Å²) in [6.07, 6.45) is 0.0796. The molecule has 1 aliphatic heterocycles. The van der Waals surface area contributed by atoms with Crippen molar-refractivity contribution in [2.24, 2.45) is 0 Å². The second-order valence-electron chi connectivity index (χ2n) is 5.10. The lowest BCUT2D eigenvalue weighted by Crippen LogP contribution is -2.31. The number of amides is 1. The standard InChI is InChI=1S/C17H17NO3/c1-21-14-6-4-12(5-7-14)16(19)13-3-2-11-8-9-18-17(20)15(11)10-13/h2-7,10,16,19H,8-9H2,1H3,(H,18,20). The molecule has 1 amide bonds. The van der Waals surface area contributed by atoms with Gasteiger partial charge in [0.25, 0.3) is 5.91 Å². The average Bonchev–Trinajstić information content (AvgIpc) is 2.54. The average molecular weight is 283 g/mol. The largest absolute Gasteiger partial charge is 0.497 e. The summed E-state index contributed by atoms with van der Waals surface area (Å²) < 4.78 is 5.11. The van der Waals surface area contributed by atoms with E-state index in [1.54, 1.807) is 13.2 Å². The Morgan fingerprint density at radius 3 is 2.57 bits per heavy atom. The van der Waals surface area contributed by atoms with Crippen molar-refractivity contribution < 1.29 is 14.6 Å². The van der Waals surface area contributed by atoms with Crippen LogP contribution in [0.1, 0.15) is 33.2 Å². The molecule has 0 aliphatic carbocycles. The number of carbonyl (C=O) groups excluding carboxylic acids is 1. The van der Waals surface area contributed by atoms with E-state index in [4.69, 9.17) is 4.74 Å². The van der Waals surface area contributed by atoms with Gasteiger partial charge in [0.05, 0.1) is 7.11 Å². The number of ether oxygens (including phenoxy) is 1. The Labute approximate surface area is 123 Å². The van der Waals surface area contributed by atoms with Gasteiger partial charge >= 0.3 is 0 Å². The van der Waals surface area contributed by atoms with E-state index in [1.807, 2.05) is 36.4 Å². The molecule has 0 saturated heterocycles. The third-order valence-electron chi connectivity index (χ3n) is 3.81. The number of methoxy groups -OCH3 is 1. The summed E-state index contributed by atoms with van der Waals surface area (Å²) in [6, 6.07) is 12.8. The molecule has 108 valence electrons. The van der Waals surface area contributed by atoms with Crippen molar-refractivity contribution in [1.82, 2.24) is 5.32 Å². The van der Waals surface area contributed by atoms with Gasteiger partial charge in [-0.2, -0.15) is 0 Å². The Morgan fingerprint density at radius 2 is 1.86 bits per heavy atom. The number of aliphatic hydroxyl groups is 1. The Balaban J connectivity index is 1.92. The van der Waals surface area contributed by atoms with E-state index in [0.29, 0.717) is 12.1 Å². The number of fused-ring (bicyclic) bond motifs is 1. The summed E-state index contributed by atoms with van der Waals surface area (Å²) in [7, 11) is 1.60. The maximum atomic E-state index is 11.9. The van der Waals surface area contributed by atoms with Crippen LogP contribution >= 0.6 is 0 Å². The van der Waals surface area contributed by atoms with Crippen molar-refractivity contribution in [2.45, 2.75) is 12.5 Å². The van der Waals surface area contributed by atoms with Gasteiger partial charge in [0.1, 0.15) is 11.9 Å². The van der Waals surface area contributed by atoms with Gasteiger partial charge in [-0.15, -0.1) is 0 Å². The van der Waals surface area contributed by atoms with Crippen molar-refractivity contribution in [3.63, 3.8) is 0 Å². The smallest absolute Gasteiger partial charge is 0.251 e. The van der Waals surface area contributed by atoms with Gasteiger partial charge in [0.15, 0.2) is 0 Å². The van der Waals surface area contributed by atoms with Gasteiger partial charge in [0.2, 0.25) is 0 Å². The van der Waals surface area contributed by atoms with Crippen LogP contribution in [0.5, 0.6) is 5.75 Å². The highest BCUT2D eigenvalue weighted by molar-refractivity contribution is 5.96. The van der Waals surface area contributed by atoms with Crippen molar-refractivity contribution in [3.8, 4) is 5.75 Å². The number of aliphatic hydroxyl groups excluding tert-OH is 1. The molecular formula is C17H17NO3. The van der Waals surface area contributed by atoms with Crippen molar-refractivity contribution >= 4 is 5.91 Å². The van der Waals surface area contributed by atoms with E-state index in [1.165, 1.54) is 0 Å². The highest BCUT2D eigenvalue weighted by atomic mass is 16.5. The number of carbonyl (C=O) groups is 1. The molecule has 4 nitrogen and oxygen atoms in total. The zero-order valence-corrected chi connectivity index (χ0v) is 11.8. The van der Waals surface area contributed by atoms with Crippen LogP contribution < -0.4 is 10.1 Å². The van der Waals surface area contributed by atoms with Crippen LogP contribution in [0.2, 0.25) is 0 Å². The molecule has 2 N–H and O–H groups in total. The minimum Gasteiger partial charge on any atom is -0.497 e. The molecule has 3 rings (SSSR count).